The Kier molecular flexibility index (Phi) is 13.6. The number of nitrogens with zero attached hydrogens (tertiary/aromatic N) is 7. The monoisotopic (exact) mass is 872 g/mol. The highest BCUT2D eigenvalue weighted by molar-refractivity contribution is 5.85. The van der Waals surface area contributed by atoms with E-state index < -0.39 is 17.6 Å². The van der Waals surface area contributed by atoms with Gasteiger partial charge in [0.05, 0.1) is 24.4 Å². The van der Waals surface area contributed by atoms with E-state index in [1.165, 1.54) is 24.3 Å². The first-order chi connectivity index (χ1) is 30.8. The molecule has 8 aromatic rings. The Morgan fingerprint density at radius 1 is 0.797 bits per heavy atom. The molecule has 11 nitrogen and oxygen atoms in total. The first kappa shape index (κ1) is 44.5. The Hall–Kier alpha value is -7.59. The number of para-hydroxylation sites is 1. The Morgan fingerprint density at radius 3 is 2.16 bits per heavy atom. The molecule has 5 heterocycles. The van der Waals surface area contributed by atoms with Gasteiger partial charge in [-0.25, -0.2) is 18.8 Å². The molecule has 1 atom stereocenters. The van der Waals surface area contributed by atoms with E-state index in [0.717, 1.165) is 56.2 Å². The number of benzene rings is 4. The summed E-state index contributed by atoms with van der Waals surface area (Å²) in [7, 11) is 1.61. The SMILES string of the molecule is COC1=CN(Cc2cccc(F)c2)C(n2c(C)cc3c(CN)cccc32)N=C1.Cc1cc2ccccc2n1-c1ncc(C(F)(F)F)c(NCc2cccc(F)c2)n1.Nc1ccncc1. The van der Waals surface area contributed by atoms with E-state index in [2.05, 4.69) is 48.8 Å². The number of halogens is 5. The molecule has 328 valence electrons. The van der Waals surface area contributed by atoms with Crippen LogP contribution in [0.4, 0.5) is 33.5 Å². The van der Waals surface area contributed by atoms with E-state index >= 15 is 0 Å². The molecule has 9 rings (SSSR count). The summed E-state index contributed by atoms with van der Waals surface area (Å²) < 4.78 is 76.7. The summed E-state index contributed by atoms with van der Waals surface area (Å²) in [5, 5.41) is 4.74. The molecule has 1 aliphatic rings. The highest BCUT2D eigenvalue weighted by Crippen LogP contribution is 2.35. The van der Waals surface area contributed by atoms with E-state index in [9.17, 15) is 22.0 Å². The van der Waals surface area contributed by atoms with Crippen LogP contribution in [0, 0.1) is 25.5 Å². The van der Waals surface area contributed by atoms with Crippen LogP contribution in [-0.2, 0) is 30.5 Å². The van der Waals surface area contributed by atoms with E-state index in [1.54, 1.807) is 60.6 Å². The second-order valence-electron chi connectivity index (χ2n) is 14.7. The molecule has 4 aromatic heterocycles. The lowest BCUT2D eigenvalue weighted by molar-refractivity contribution is -0.137. The summed E-state index contributed by atoms with van der Waals surface area (Å²) in [5.41, 5.74) is 17.2. The highest BCUT2D eigenvalue weighted by Gasteiger charge is 2.35. The first-order valence-electron chi connectivity index (χ1n) is 20.1. The lowest BCUT2D eigenvalue weighted by Crippen LogP contribution is -2.30. The third kappa shape index (κ3) is 10.4. The number of aromatic nitrogens is 5. The summed E-state index contributed by atoms with van der Waals surface area (Å²) in [6.45, 7) is 4.87. The van der Waals surface area contributed by atoms with Crippen LogP contribution in [0.25, 0.3) is 27.8 Å². The summed E-state index contributed by atoms with van der Waals surface area (Å²) >= 11 is 0. The van der Waals surface area contributed by atoms with Crippen molar-refractivity contribution in [1.82, 2.24) is 29.0 Å². The zero-order valence-electron chi connectivity index (χ0n) is 35.1. The average Bonchev–Trinajstić information content (AvgIpc) is 3.80. The average molecular weight is 873 g/mol. The van der Waals surface area contributed by atoms with Gasteiger partial charge in [0.2, 0.25) is 12.2 Å². The molecule has 64 heavy (non-hydrogen) atoms. The van der Waals surface area contributed by atoms with Crippen LogP contribution in [-0.4, -0.2) is 42.3 Å². The zero-order valence-corrected chi connectivity index (χ0v) is 35.1. The fraction of sp³-hybridized carbons (Fsp3) is 0.167. The number of hydrogen-bond donors (Lipinski definition) is 3. The van der Waals surface area contributed by atoms with E-state index in [4.69, 9.17) is 21.2 Å². The molecule has 0 saturated carbocycles. The predicted molar refractivity (Wildman–Crippen MR) is 240 cm³/mol. The molecule has 0 fully saturated rings. The second-order valence-corrected chi connectivity index (χ2v) is 14.7. The van der Waals surface area contributed by atoms with Gasteiger partial charge in [-0.2, -0.15) is 18.2 Å². The number of aliphatic imine (C=N–C) groups is 1. The Labute approximate surface area is 366 Å². The maximum Gasteiger partial charge on any atom is 0.421 e. The number of methoxy groups -OCH3 is 1. The minimum atomic E-state index is -4.63. The van der Waals surface area contributed by atoms with Crippen molar-refractivity contribution in [1.29, 1.82) is 0 Å². The summed E-state index contributed by atoms with van der Waals surface area (Å²) in [6.07, 6.45) is 2.81. The summed E-state index contributed by atoms with van der Waals surface area (Å²) in [4.78, 5) is 18.7. The van der Waals surface area contributed by atoms with Gasteiger partial charge in [-0.3, -0.25) is 9.55 Å². The van der Waals surface area contributed by atoms with Crippen LogP contribution in [0.1, 0.15) is 39.9 Å². The quantitative estimate of drug-likeness (QED) is 0.122. The van der Waals surface area contributed by atoms with Crippen LogP contribution >= 0.6 is 0 Å². The predicted octanol–water partition coefficient (Wildman–Crippen LogP) is 10.2. The lowest BCUT2D eigenvalue weighted by atomic mass is 10.1. The molecule has 0 radical (unpaired) electrons. The maximum atomic E-state index is 13.7. The van der Waals surface area contributed by atoms with E-state index in [0.29, 0.717) is 24.4 Å². The van der Waals surface area contributed by atoms with Gasteiger partial charge < -0.3 is 31.0 Å². The number of allylic oxidation sites excluding steroid dienone is 1. The van der Waals surface area contributed by atoms with Crippen molar-refractivity contribution >= 4 is 39.5 Å². The standard InChI is InChI=1S/C22H23FN4O.C21H16F4N4.C5H6N2/c1-15-9-20-17(11-24)6-4-8-21(20)27(15)22-25-12-19(28-2)14-26(22)13-16-5-3-7-18(23)10-16;1-13-9-15-6-2-3-8-18(15)29(13)20-27-12-17(21(23,24)25)19(28-20)26-11-14-5-4-7-16(22)10-14;6-5-1-3-7-4-2-5/h3-10,12,14,22H,11,13,24H2,1-2H3;2-10,12H,11H2,1H3,(H,26,27,28);1-4H,(H2,6,7). The number of nitrogens with two attached hydrogens (primary N) is 2. The molecule has 0 amide bonds. The number of fused-ring (bicyclic) bond motifs is 2. The van der Waals surface area contributed by atoms with Crippen molar-refractivity contribution in [3.63, 3.8) is 0 Å². The number of nitrogens with one attached hydrogen (secondary N) is 1. The molecule has 0 bridgehead atoms. The van der Waals surface area contributed by atoms with Crippen molar-refractivity contribution in [2.24, 2.45) is 10.7 Å². The molecular weight excluding hydrogens is 828 g/mol. The molecule has 4 aromatic carbocycles. The van der Waals surface area contributed by atoms with Crippen molar-refractivity contribution in [3.8, 4) is 5.95 Å². The summed E-state index contributed by atoms with van der Waals surface area (Å²) in [6, 6.07) is 33.4. The molecular formula is C48H45F5N10O. The second kappa shape index (κ2) is 19.6. The van der Waals surface area contributed by atoms with Gasteiger partial charge >= 0.3 is 6.18 Å². The van der Waals surface area contributed by atoms with Crippen LogP contribution in [0.3, 0.4) is 0 Å². The van der Waals surface area contributed by atoms with E-state index in [1.807, 2.05) is 61.7 Å². The molecule has 0 spiro atoms. The fourth-order valence-electron chi connectivity index (χ4n) is 7.29. The number of aryl methyl sites for hydroxylation is 2. The third-order valence-corrected chi connectivity index (χ3v) is 10.3. The largest absolute Gasteiger partial charge is 0.494 e. The zero-order chi connectivity index (χ0) is 45.4. The topological polar surface area (TPSA) is 137 Å². The molecule has 5 N–H and O–H groups in total. The van der Waals surface area contributed by atoms with Gasteiger partial charge in [-0.05, 0) is 91.2 Å². The van der Waals surface area contributed by atoms with Gasteiger partial charge in [0.15, 0.2) is 5.76 Å². The summed E-state index contributed by atoms with van der Waals surface area (Å²) in [5.74, 6) is -0.286. The third-order valence-electron chi connectivity index (χ3n) is 10.3. The molecule has 0 saturated heterocycles. The van der Waals surface area contributed by atoms with Gasteiger partial charge in [0, 0.05) is 72.3 Å². The van der Waals surface area contributed by atoms with E-state index in [-0.39, 0.29) is 30.4 Å². The van der Waals surface area contributed by atoms with Crippen LogP contribution in [0.15, 0.2) is 151 Å². The van der Waals surface area contributed by atoms with Crippen molar-refractivity contribution in [2.45, 2.75) is 45.9 Å². The normalized spacial score (nSPS) is 13.5. The Morgan fingerprint density at radius 2 is 1.48 bits per heavy atom. The van der Waals surface area contributed by atoms with Crippen LogP contribution in [0.2, 0.25) is 0 Å². The van der Waals surface area contributed by atoms with Gasteiger partial charge in [0.1, 0.15) is 23.0 Å². The van der Waals surface area contributed by atoms with Crippen LogP contribution < -0.4 is 16.8 Å². The fourth-order valence-corrected chi connectivity index (χ4v) is 7.29. The molecule has 0 aliphatic carbocycles. The number of hydrogen-bond acceptors (Lipinski definition) is 9. The molecule has 1 unspecified atom stereocenters. The van der Waals surface area contributed by atoms with Gasteiger partial charge in [0.25, 0.3) is 0 Å². The lowest BCUT2D eigenvalue weighted by Gasteiger charge is -2.33. The van der Waals surface area contributed by atoms with Gasteiger partial charge in [-0.15, -0.1) is 0 Å². The van der Waals surface area contributed by atoms with Crippen molar-refractivity contribution in [3.05, 3.63) is 191 Å². The minimum absolute atomic E-state index is 0.0112. The van der Waals surface area contributed by atoms with Crippen LogP contribution in [0.5, 0.6) is 0 Å². The Bertz CT molecular complexity index is 2930. The number of pyridine rings is 1. The first-order valence-corrected chi connectivity index (χ1v) is 20.1. The smallest absolute Gasteiger partial charge is 0.421 e. The number of anilines is 2. The van der Waals surface area contributed by atoms with Crippen molar-refractivity contribution < 1.29 is 26.7 Å². The van der Waals surface area contributed by atoms with Gasteiger partial charge in [-0.1, -0.05) is 54.6 Å². The number of nitrogen functional groups attached to an aromatic ring is 1. The number of ether oxygens (including phenoxy) is 1. The van der Waals surface area contributed by atoms with Crippen molar-refractivity contribution in [2.75, 3.05) is 18.2 Å². The number of alkyl halides is 3. The molecule has 1 aliphatic heterocycles. The minimum Gasteiger partial charge on any atom is -0.494 e. The number of rotatable bonds is 9. The maximum absolute atomic E-state index is 13.7. The Balaban J connectivity index is 0.000000166. The molecule has 16 heteroatoms. The highest BCUT2D eigenvalue weighted by atomic mass is 19.4.